The van der Waals surface area contributed by atoms with Crippen LogP contribution in [-0.2, 0) is 6.54 Å². The molecule has 2 aliphatic rings. The summed E-state index contributed by atoms with van der Waals surface area (Å²) in [4.78, 5) is 7.14. The van der Waals surface area contributed by atoms with Crippen molar-refractivity contribution in [3.8, 4) is 0 Å². The molecule has 3 nitrogen and oxygen atoms in total. The van der Waals surface area contributed by atoms with Gasteiger partial charge >= 0.3 is 0 Å². The molecule has 0 aromatic carbocycles. The number of nitrogens with one attached hydrogen (secondary N) is 1. The zero-order valence-electron chi connectivity index (χ0n) is 11.5. The first-order valence-corrected chi connectivity index (χ1v) is 8.13. The van der Waals surface area contributed by atoms with Crippen LogP contribution in [0.1, 0.15) is 31.9 Å². The third kappa shape index (κ3) is 3.36. The molecular formula is C15H22BrN3. The van der Waals surface area contributed by atoms with Gasteiger partial charge < -0.3 is 5.32 Å². The van der Waals surface area contributed by atoms with Crippen molar-refractivity contribution in [1.82, 2.24) is 15.2 Å². The minimum Gasteiger partial charge on any atom is -0.311 e. The van der Waals surface area contributed by atoms with Crippen molar-refractivity contribution in [2.45, 2.75) is 44.8 Å². The van der Waals surface area contributed by atoms with Gasteiger partial charge in [-0.3, -0.25) is 9.88 Å². The summed E-state index contributed by atoms with van der Waals surface area (Å²) in [6.45, 7) is 5.58. The van der Waals surface area contributed by atoms with E-state index < -0.39 is 0 Å². The molecule has 1 aliphatic heterocycles. The second kappa shape index (κ2) is 5.90. The normalized spacial score (nSPS) is 28.5. The highest BCUT2D eigenvalue weighted by Crippen LogP contribution is 2.34. The summed E-state index contributed by atoms with van der Waals surface area (Å²) in [5.74, 6) is 0.929. The fourth-order valence-electron chi connectivity index (χ4n) is 3.00. The number of hydrogen-bond acceptors (Lipinski definition) is 3. The van der Waals surface area contributed by atoms with Gasteiger partial charge in [-0.1, -0.05) is 6.92 Å². The average Bonchev–Trinajstić information content (AvgIpc) is 3.26. The molecule has 0 amide bonds. The summed E-state index contributed by atoms with van der Waals surface area (Å²) in [5, 5.41) is 3.74. The first-order chi connectivity index (χ1) is 9.26. The minimum atomic E-state index is 0.653. The van der Waals surface area contributed by atoms with Crippen LogP contribution < -0.4 is 5.32 Å². The Morgan fingerprint density at radius 2 is 2.26 bits per heavy atom. The summed E-state index contributed by atoms with van der Waals surface area (Å²) in [6, 6.07) is 5.58. The van der Waals surface area contributed by atoms with E-state index >= 15 is 0 Å². The van der Waals surface area contributed by atoms with Crippen LogP contribution in [0.5, 0.6) is 0 Å². The number of aromatic nitrogens is 1. The van der Waals surface area contributed by atoms with E-state index in [1.807, 2.05) is 6.20 Å². The van der Waals surface area contributed by atoms with E-state index in [1.54, 1.807) is 0 Å². The van der Waals surface area contributed by atoms with Crippen LogP contribution in [-0.4, -0.2) is 35.1 Å². The molecule has 1 aromatic heterocycles. The molecule has 3 rings (SSSR count). The van der Waals surface area contributed by atoms with Crippen molar-refractivity contribution < 1.29 is 0 Å². The van der Waals surface area contributed by atoms with Gasteiger partial charge in [0.15, 0.2) is 0 Å². The van der Waals surface area contributed by atoms with Gasteiger partial charge in [0.25, 0.3) is 0 Å². The molecule has 2 fully saturated rings. The van der Waals surface area contributed by atoms with E-state index in [2.05, 4.69) is 50.2 Å². The molecule has 4 heteroatoms. The average molecular weight is 324 g/mol. The summed E-state index contributed by atoms with van der Waals surface area (Å²) >= 11 is 3.45. The predicted octanol–water partition coefficient (Wildman–Crippen LogP) is 2.81. The zero-order valence-corrected chi connectivity index (χ0v) is 13.1. The minimum absolute atomic E-state index is 0.653. The van der Waals surface area contributed by atoms with Gasteiger partial charge in [0.2, 0.25) is 0 Å². The number of halogens is 1. The Hall–Kier alpha value is -0.450. The summed E-state index contributed by atoms with van der Waals surface area (Å²) in [7, 11) is 0. The molecule has 1 saturated heterocycles. The van der Waals surface area contributed by atoms with Crippen LogP contribution in [0, 0.1) is 5.92 Å². The van der Waals surface area contributed by atoms with Gasteiger partial charge in [-0.25, -0.2) is 0 Å². The van der Waals surface area contributed by atoms with Crippen LogP contribution in [0.3, 0.4) is 0 Å². The maximum atomic E-state index is 4.52. The smallest absolute Gasteiger partial charge is 0.0544 e. The molecule has 0 spiro atoms. The maximum Gasteiger partial charge on any atom is 0.0544 e. The fourth-order valence-corrected chi connectivity index (χ4v) is 3.24. The molecule has 2 heterocycles. The Labute approximate surface area is 123 Å². The Bertz CT molecular complexity index is 416. The van der Waals surface area contributed by atoms with E-state index in [4.69, 9.17) is 0 Å². The van der Waals surface area contributed by atoms with E-state index in [-0.39, 0.29) is 0 Å². The van der Waals surface area contributed by atoms with E-state index in [1.165, 1.54) is 31.5 Å². The highest BCUT2D eigenvalue weighted by atomic mass is 79.9. The lowest BCUT2D eigenvalue weighted by atomic mass is 10.0. The van der Waals surface area contributed by atoms with Gasteiger partial charge in [0.1, 0.15) is 0 Å². The molecule has 2 unspecified atom stereocenters. The van der Waals surface area contributed by atoms with Crippen LogP contribution in [0.2, 0.25) is 0 Å². The molecule has 0 radical (unpaired) electrons. The predicted molar refractivity (Wildman–Crippen MR) is 80.9 cm³/mol. The van der Waals surface area contributed by atoms with Gasteiger partial charge in [-0.2, -0.15) is 0 Å². The Morgan fingerprint density at radius 3 is 2.89 bits per heavy atom. The highest BCUT2D eigenvalue weighted by Gasteiger charge is 2.36. The molecule has 104 valence electrons. The quantitative estimate of drug-likeness (QED) is 0.923. The number of rotatable bonds is 4. The van der Waals surface area contributed by atoms with Crippen molar-refractivity contribution in [3.63, 3.8) is 0 Å². The number of pyridine rings is 1. The molecular weight excluding hydrogens is 302 g/mol. The molecule has 1 N–H and O–H groups in total. The van der Waals surface area contributed by atoms with Crippen molar-refractivity contribution in [2.24, 2.45) is 5.92 Å². The standard InChI is InChI=1S/C15H22BrN3/c1-2-14-8-18-15(11-3-4-11)10-19(14)9-13-6-5-12(16)7-17-13/h5-7,11,14-15,18H,2-4,8-10H2,1H3. The molecule has 1 saturated carbocycles. The van der Waals surface area contributed by atoms with Crippen molar-refractivity contribution in [1.29, 1.82) is 0 Å². The van der Waals surface area contributed by atoms with Crippen LogP contribution >= 0.6 is 15.9 Å². The fraction of sp³-hybridized carbons (Fsp3) is 0.667. The second-order valence-electron chi connectivity index (χ2n) is 5.81. The van der Waals surface area contributed by atoms with Gasteiger partial charge in [0, 0.05) is 42.4 Å². The third-order valence-corrected chi connectivity index (χ3v) is 4.85. The number of nitrogens with zero attached hydrogens (tertiary/aromatic N) is 2. The van der Waals surface area contributed by atoms with Crippen LogP contribution in [0.25, 0.3) is 0 Å². The molecule has 1 aromatic rings. The number of hydrogen-bond donors (Lipinski definition) is 1. The Morgan fingerprint density at radius 1 is 1.42 bits per heavy atom. The molecule has 2 atom stereocenters. The summed E-state index contributed by atoms with van der Waals surface area (Å²) in [6.07, 6.45) is 5.94. The van der Waals surface area contributed by atoms with Gasteiger partial charge in [-0.15, -0.1) is 0 Å². The van der Waals surface area contributed by atoms with Crippen molar-refractivity contribution >= 4 is 15.9 Å². The number of piperazine rings is 1. The maximum absolute atomic E-state index is 4.52. The first kappa shape index (κ1) is 13.5. The summed E-state index contributed by atoms with van der Waals surface area (Å²) < 4.78 is 1.06. The van der Waals surface area contributed by atoms with Crippen molar-refractivity contribution in [3.05, 3.63) is 28.5 Å². The van der Waals surface area contributed by atoms with Crippen molar-refractivity contribution in [2.75, 3.05) is 13.1 Å². The van der Waals surface area contributed by atoms with Gasteiger partial charge in [0.05, 0.1) is 5.69 Å². The molecule has 19 heavy (non-hydrogen) atoms. The largest absolute Gasteiger partial charge is 0.311 e. The molecule has 0 bridgehead atoms. The van der Waals surface area contributed by atoms with E-state index in [0.29, 0.717) is 12.1 Å². The van der Waals surface area contributed by atoms with Gasteiger partial charge in [-0.05, 0) is 53.2 Å². The monoisotopic (exact) mass is 323 g/mol. The lowest BCUT2D eigenvalue weighted by Crippen LogP contribution is -2.56. The lowest BCUT2D eigenvalue weighted by molar-refractivity contribution is 0.110. The van der Waals surface area contributed by atoms with E-state index in [0.717, 1.165) is 23.5 Å². The van der Waals surface area contributed by atoms with Crippen LogP contribution in [0.15, 0.2) is 22.8 Å². The summed E-state index contributed by atoms with van der Waals surface area (Å²) in [5.41, 5.74) is 1.18. The topological polar surface area (TPSA) is 28.2 Å². The molecule has 1 aliphatic carbocycles. The third-order valence-electron chi connectivity index (χ3n) is 4.38. The Balaban J connectivity index is 1.66. The second-order valence-corrected chi connectivity index (χ2v) is 6.73. The van der Waals surface area contributed by atoms with E-state index in [9.17, 15) is 0 Å². The highest BCUT2D eigenvalue weighted by molar-refractivity contribution is 9.10. The SMILES string of the molecule is CCC1CNC(C2CC2)CN1Cc1ccc(Br)cn1. The Kier molecular flexibility index (Phi) is 4.20. The lowest BCUT2D eigenvalue weighted by Gasteiger charge is -2.40. The zero-order chi connectivity index (χ0) is 13.2. The van der Waals surface area contributed by atoms with Crippen LogP contribution in [0.4, 0.5) is 0 Å². The first-order valence-electron chi connectivity index (χ1n) is 7.34.